The number of carbonyl (C=O) groups excluding carboxylic acids is 1. The van der Waals surface area contributed by atoms with Gasteiger partial charge in [-0.05, 0) is 50.4 Å². The van der Waals surface area contributed by atoms with Crippen molar-refractivity contribution in [2.75, 3.05) is 13.3 Å². The summed E-state index contributed by atoms with van der Waals surface area (Å²) in [7, 11) is 1.99. The molecule has 1 N–H and O–H groups in total. The molecule has 0 heterocycles. The van der Waals surface area contributed by atoms with Crippen LogP contribution in [-0.4, -0.2) is 30.2 Å². The van der Waals surface area contributed by atoms with E-state index in [1.54, 1.807) is 11.8 Å². The van der Waals surface area contributed by atoms with Crippen LogP contribution >= 0.6 is 11.8 Å². The highest BCUT2D eigenvalue weighted by Gasteiger charge is 2.20. The molecule has 0 spiro atoms. The third-order valence-corrected chi connectivity index (χ3v) is 5.03. The van der Waals surface area contributed by atoms with Gasteiger partial charge in [0.1, 0.15) is 0 Å². The first-order valence-corrected chi connectivity index (χ1v) is 9.42. The maximum atomic E-state index is 12.5. The summed E-state index contributed by atoms with van der Waals surface area (Å²) in [5.41, 5.74) is 2.33. The summed E-state index contributed by atoms with van der Waals surface area (Å²) in [4.78, 5) is 15.8. The number of carbonyl (C=O) groups is 1. The van der Waals surface area contributed by atoms with Gasteiger partial charge in [-0.3, -0.25) is 9.69 Å². The van der Waals surface area contributed by atoms with Gasteiger partial charge < -0.3 is 5.32 Å². The van der Waals surface area contributed by atoms with Crippen molar-refractivity contribution in [3.63, 3.8) is 0 Å². The molecule has 2 aromatic carbocycles. The summed E-state index contributed by atoms with van der Waals surface area (Å²) in [6, 6.07) is 18.4. The topological polar surface area (TPSA) is 32.3 Å². The third kappa shape index (κ3) is 5.11. The first kappa shape index (κ1) is 18.6. The summed E-state index contributed by atoms with van der Waals surface area (Å²) in [5.74, 6) is 0.0505. The van der Waals surface area contributed by atoms with Crippen LogP contribution in [0.25, 0.3) is 0 Å². The molecule has 2 rings (SSSR count). The van der Waals surface area contributed by atoms with E-state index < -0.39 is 0 Å². The zero-order chi connectivity index (χ0) is 17.5. The van der Waals surface area contributed by atoms with Crippen LogP contribution < -0.4 is 5.32 Å². The molecule has 24 heavy (non-hydrogen) atoms. The number of benzene rings is 2. The SMILES string of the molecule is CSc1ccc(CN(C)C(C)C(=O)NC(C)c2ccccc2)cc1. The van der Waals surface area contributed by atoms with Crippen LogP contribution in [0.4, 0.5) is 0 Å². The van der Waals surface area contributed by atoms with Crippen LogP contribution in [0.2, 0.25) is 0 Å². The van der Waals surface area contributed by atoms with Crippen LogP contribution in [-0.2, 0) is 11.3 Å². The van der Waals surface area contributed by atoms with Gasteiger partial charge in [0.25, 0.3) is 0 Å². The van der Waals surface area contributed by atoms with Gasteiger partial charge in [0.15, 0.2) is 0 Å². The normalized spacial score (nSPS) is 13.5. The van der Waals surface area contributed by atoms with Crippen LogP contribution in [0.5, 0.6) is 0 Å². The van der Waals surface area contributed by atoms with Gasteiger partial charge in [-0.1, -0.05) is 42.5 Å². The molecule has 0 aliphatic heterocycles. The fraction of sp³-hybridized carbons (Fsp3) is 0.350. The van der Waals surface area contributed by atoms with Crippen LogP contribution in [0.1, 0.15) is 31.0 Å². The fourth-order valence-corrected chi connectivity index (χ4v) is 2.92. The number of nitrogens with one attached hydrogen (secondary N) is 1. The lowest BCUT2D eigenvalue weighted by molar-refractivity contribution is -0.126. The average molecular weight is 343 g/mol. The van der Waals surface area contributed by atoms with E-state index in [2.05, 4.69) is 40.7 Å². The monoisotopic (exact) mass is 342 g/mol. The van der Waals surface area contributed by atoms with Gasteiger partial charge in [0.05, 0.1) is 12.1 Å². The van der Waals surface area contributed by atoms with Gasteiger partial charge >= 0.3 is 0 Å². The van der Waals surface area contributed by atoms with Crippen LogP contribution in [0.3, 0.4) is 0 Å². The molecule has 0 saturated carbocycles. The van der Waals surface area contributed by atoms with Gasteiger partial charge in [-0.15, -0.1) is 11.8 Å². The Labute approximate surface area is 149 Å². The molecule has 128 valence electrons. The van der Waals surface area contributed by atoms with E-state index in [4.69, 9.17) is 0 Å². The van der Waals surface area contributed by atoms with E-state index in [1.165, 1.54) is 10.5 Å². The lowest BCUT2D eigenvalue weighted by Gasteiger charge is -2.26. The minimum absolute atomic E-state index is 0.00964. The lowest BCUT2D eigenvalue weighted by atomic mass is 10.1. The van der Waals surface area contributed by atoms with Gasteiger partial charge in [0.2, 0.25) is 5.91 Å². The summed E-state index contributed by atoms with van der Waals surface area (Å²) in [6.45, 7) is 4.72. The quantitative estimate of drug-likeness (QED) is 0.769. The Morgan fingerprint density at radius 1 is 1.08 bits per heavy atom. The first-order chi connectivity index (χ1) is 11.5. The molecule has 2 unspecified atom stereocenters. The number of rotatable bonds is 7. The fourth-order valence-electron chi connectivity index (χ4n) is 2.52. The van der Waals surface area contributed by atoms with Crippen LogP contribution in [0, 0.1) is 0 Å². The lowest BCUT2D eigenvalue weighted by Crippen LogP contribution is -2.43. The van der Waals surface area contributed by atoms with Crippen molar-refractivity contribution in [1.29, 1.82) is 0 Å². The van der Waals surface area contributed by atoms with Gasteiger partial charge in [-0.2, -0.15) is 0 Å². The summed E-state index contributed by atoms with van der Waals surface area (Å²) < 4.78 is 0. The molecule has 0 aromatic heterocycles. The molecule has 0 radical (unpaired) electrons. The van der Waals surface area contributed by atoms with Crippen molar-refractivity contribution < 1.29 is 4.79 Å². The number of hydrogen-bond donors (Lipinski definition) is 1. The smallest absolute Gasteiger partial charge is 0.237 e. The molecular weight excluding hydrogens is 316 g/mol. The highest BCUT2D eigenvalue weighted by atomic mass is 32.2. The second-order valence-electron chi connectivity index (χ2n) is 6.08. The largest absolute Gasteiger partial charge is 0.348 e. The third-order valence-electron chi connectivity index (χ3n) is 4.29. The predicted molar refractivity (Wildman–Crippen MR) is 102 cm³/mol. The number of nitrogens with zero attached hydrogens (tertiary/aromatic N) is 1. The van der Waals surface area contributed by atoms with Crippen molar-refractivity contribution in [2.24, 2.45) is 0 Å². The maximum Gasteiger partial charge on any atom is 0.237 e. The van der Waals surface area contributed by atoms with E-state index in [9.17, 15) is 4.79 Å². The number of hydrogen-bond acceptors (Lipinski definition) is 3. The van der Waals surface area contributed by atoms with Crippen molar-refractivity contribution >= 4 is 17.7 Å². The summed E-state index contributed by atoms with van der Waals surface area (Å²) in [6.07, 6.45) is 2.07. The molecule has 0 saturated heterocycles. The van der Waals surface area contributed by atoms with E-state index in [-0.39, 0.29) is 18.0 Å². The van der Waals surface area contributed by atoms with E-state index in [1.807, 2.05) is 51.2 Å². The van der Waals surface area contributed by atoms with Crippen molar-refractivity contribution in [3.05, 3.63) is 65.7 Å². The first-order valence-electron chi connectivity index (χ1n) is 8.19. The Balaban J connectivity index is 1.91. The molecule has 3 nitrogen and oxygen atoms in total. The van der Waals surface area contributed by atoms with Crippen molar-refractivity contribution in [1.82, 2.24) is 10.2 Å². The Bertz CT molecular complexity index is 642. The Morgan fingerprint density at radius 3 is 2.29 bits per heavy atom. The summed E-state index contributed by atoms with van der Waals surface area (Å²) >= 11 is 1.73. The second kappa shape index (κ2) is 8.90. The Morgan fingerprint density at radius 2 is 1.71 bits per heavy atom. The number of amides is 1. The molecule has 0 aliphatic carbocycles. The minimum atomic E-state index is -0.184. The van der Waals surface area contributed by atoms with E-state index >= 15 is 0 Å². The second-order valence-corrected chi connectivity index (χ2v) is 6.96. The Kier molecular flexibility index (Phi) is 6.88. The molecular formula is C20H26N2OS. The van der Waals surface area contributed by atoms with E-state index in [0.29, 0.717) is 0 Å². The van der Waals surface area contributed by atoms with Crippen molar-refractivity contribution in [3.8, 4) is 0 Å². The summed E-state index contributed by atoms with van der Waals surface area (Å²) in [5, 5.41) is 3.10. The average Bonchev–Trinajstić information content (AvgIpc) is 2.62. The molecule has 1 amide bonds. The molecule has 4 heteroatoms. The minimum Gasteiger partial charge on any atom is -0.348 e. The van der Waals surface area contributed by atoms with Crippen molar-refractivity contribution in [2.45, 2.75) is 37.4 Å². The standard InChI is InChI=1S/C20H26N2OS/c1-15(18-8-6-5-7-9-18)21-20(23)16(2)22(3)14-17-10-12-19(24-4)13-11-17/h5-13,15-16H,14H2,1-4H3,(H,21,23). The molecule has 2 atom stereocenters. The Hall–Kier alpha value is -1.78. The van der Waals surface area contributed by atoms with Crippen LogP contribution in [0.15, 0.2) is 59.5 Å². The zero-order valence-electron chi connectivity index (χ0n) is 14.8. The molecule has 2 aromatic rings. The van der Waals surface area contributed by atoms with Gasteiger partial charge in [0, 0.05) is 11.4 Å². The molecule has 0 fully saturated rings. The highest BCUT2D eigenvalue weighted by Crippen LogP contribution is 2.16. The number of likely N-dealkylation sites (N-methyl/N-ethyl adjacent to an activating group) is 1. The zero-order valence-corrected chi connectivity index (χ0v) is 15.6. The number of thioether (sulfide) groups is 1. The molecule has 0 bridgehead atoms. The highest BCUT2D eigenvalue weighted by molar-refractivity contribution is 7.98. The molecule has 0 aliphatic rings. The van der Waals surface area contributed by atoms with Gasteiger partial charge in [-0.25, -0.2) is 0 Å². The maximum absolute atomic E-state index is 12.5. The van der Waals surface area contributed by atoms with E-state index in [0.717, 1.165) is 12.1 Å². The predicted octanol–water partition coefficient (Wildman–Crippen LogP) is 4.11.